The molecule has 0 spiro atoms. The molecule has 1 aromatic carbocycles. The number of nitrogens with two attached hydrogens (primary N) is 1. The summed E-state index contributed by atoms with van der Waals surface area (Å²) in [6, 6.07) is 7.53. The van der Waals surface area contributed by atoms with E-state index in [-0.39, 0.29) is 24.4 Å². The van der Waals surface area contributed by atoms with Crippen molar-refractivity contribution in [1.29, 1.82) is 0 Å². The van der Waals surface area contributed by atoms with E-state index in [9.17, 15) is 4.79 Å². The number of aromatic nitrogens is 2. The first-order valence-electron chi connectivity index (χ1n) is 7.76. The van der Waals surface area contributed by atoms with Crippen LogP contribution in [0.25, 0.3) is 0 Å². The Morgan fingerprint density at radius 2 is 2.08 bits per heavy atom. The van der Waals surface area contributed by atoms with E-state index in [2.05, 4.69) is 26.3 Å². The number of rotatable bonds is 3. The average molecular weight is 414 g/mol. The maximum atomic E-state index is 12.8. The van der Waals surface area contributed by atoms with Gasteiger partial charge in [0, 0.05) is 22.8 Å². The van der Waals surface area contributed by atoms with Gasteiger partial charge in [-0.3, -0.25) is 9.48 Å². The van der Waals surface area contributed by atoms with Crippen molar-refractivity contribution in [1.82, 2.24) is 15.1 Å². The van der Waals surface area contributed by atoms with Gasteiger partial charge in [-0.15, -0.1) is 12.4 Å². The van der Waals surface area contributed by atoms with Crippen LogP contribution in [-0.2, 0) is 23.8 Å². The van der Waals surface area contributed by atoms with Crippen molar-refractivity contribution in [2.24, 2.45) is 12.8 Å². The number of amides is 1. The SMILES string of the molecule is Cl.Cn1ncc2c1CCCC2NC(=O)C(C)(N)c1ccc(Br)cc1. The van der Waals surface area contributed by atoms with Crippen molar-refractivity contribution in [3.05, 3.63) is 51.8 Å². The van der Waals surface area contributed by atoms with Gasteiger partial charge in [-0.05, 0) is 43.9 Å². The summed E-state index contributed by atoms with van der Waals surface area (Å²) >= 11 is 3.40. The van der Waals surface area contributed by atoms with Crippen LogP contribution in [0.4, 0.5) is 0 Å². The number of nitrogens with one attached hydrogen (secondary N) is 1. The number of carbonyl (C=O) groups excluding carboxylic acids is 1. The summed E-state index contributed by atoms with van der Waals surface area (Å²) < 4.78 is 2.86. The molecule has 1 aliphatic carbocycles. The highest BCUT2D eigenvalue weighted by atomic mass is 79.9. The third-order valence-electron chi connectivity index (χ3n) is 4.60. The minimum atomic E-state index is -1.07. The van der Waals surface area contributed by atoms with Gasteiger partial charge in [0.25, 0.3) is 0 Å². The number of nitrogens with zero attached hydrogens (tertiary/aromatic N) is 2. The smallest absolute Gasteiger partial charge is 0.244 e. The molecule has 24 heavy (non-hydrogen) atoms. The molecule has 0 aliphatic heterocycles. The Morgan fingerprint density at radius 1 is 1.42 bits per heavy atom. The number of benzene rings is 1. The van der Waals surface area contributed by atoms with E-state index in [1.54, 1.807) is 6.92 Å². The summed E-state index contributed by atoms with van der Waals surface area (Å²) in [4.78, 5) is 12.8. The molecule has 0 fully saturated rings. The fourth-order valence-corrected chi connectivity index (χ4v) is 3.36. The van der Waals surface area contributed by atoms with Crippen LogP contribution in [0.15, 0.2) is 34.9 Å². The van der Waals surface area contributed by atoms with Crippen LogP contribution in [0.5, 0.6) is 0 Å². The second kappa shape index (κ2) is 7.25. The molecule has 3 rings (SSSR count). The summed E-state index contributed by atoms with van der Waals surface area (Å²) in [6.07, 6.45) is 4.82. The van der Waals surface area contributed by atoms with Crippen LogP contribution in [0.2, 0.25) is 0 Å². The van der Waals surface area contributed by atoms with E-state index in [1.807, 2.05) is 42.2 Å². The Hall–Kier alpha value is -1.37. The molecule has 7 heteroatoms. The van der Waals surface area contributed by atoms with Crippen LogP contribution in [-0.4, -0.2) is 15.7 Å². The lowest BCUT2D eigenvalue weighted by molar-refractivity contribution is -0.127. The molecule has 3 N–H and O–H groups in total. The van der Waals surface area contributed by atoms with Crippen LogP contribution in [0, 0.1) is 0 Å². The van der Waals surface area contributed by atoms with Crippen molar-refractivity contribution in [3.63, 3.8) is 0 Å². The predicted molar refractivity (Wildman–Crippen MR) is 100.0 cm³/mol. The molecule has 2 aromatic rings. The van der Waals surface area contributed by atoms with E-state index in [1.165, 1.54) is 5.69 Å². The van der Waals surface area contributed by atoms with Gasteiger partial charge in [-0.2, -0.15) is 5.10 Å². The molecule has 1 aliphatic rings. The topological polar surface area (TPSA) is 72.9 Å². The zero-order valence-corrected chi connectivity index (χ0v) is 16.2. The van der Waals surface area contributed by atoms with Crippen molar-refractivity contribution >= 4 is 34.2 Å². The lowest BCUT2D eigenvalue weighted by atomic mass is 9.89. The van der Waals surface area contributed by atoms with Crippen LogP contribution in [0.3, 0.4) is 0 Å². The summed E-state index contributed by atoms with van der Waals surface area (Å²) in [5.74, 6) is -0.165. The molecular weight excluding hydrogens is 392 g/mol. The van der Waals surface area contributed by atoms with Crippen LogP contribution < -0.4 is 11.1 Å². The molecule has 0 bridgehead atoms. The second-order valence-electron chi connectivity index (χ2n) is 6.30. The van der Waals surface area contributed by atoms with Gasteiger partial charge in [0.15, 0.2) is 0 Å². The Kier molecular flexibility index (Phi) is 5.73. The minimum absolute atomic E-state index is 0. The van der Waals surface area contributed by atoms with Crippen molar-refractivity contribution in [2.45, 2.75) is 37.8 Å². The van der Waals surface area contributed by atoms with E-state index < -0.39 is 5.54 Å². The first kappa shape index (κ1) is 19.0. The van der Waals surface area contributed by atoms with Gasteiger partial charge in [0.1, 0.15) is 5.54 Å². The molecule has 1 heterocycles. The predicted octanol–water partition coefficient (Wildman–Crippen LogP) is 2.97. The Labute approximate surface area is 156 Å². The second-order valence-corrected chi connectivity index (χ2v) is 7.21. The van der Waals surface area contributed by atoms with Crippen LogP contribution >= 0.6 is 28.3 Å². The first-order valence-corrected chi connectivity index (χ1v) is 8.55. The third kappa shape index (κ3) is 3.50. The van der Waals surface area contributed by atoms with Gasteiger partial charge >= 0.3 is 0 Å². The third-order valence-corrected chi connectivity index (χ3v) is 5.13. The molecule has 1 aromatic heterocycles. The minimum Gasteiger partial charge on any atom is -0.347 e. The molecule has 2 atom stereocenters. The summed E-state index contributed by atoms with van der Waals surface area (Å²) in [7, 11) is 1.94. The standard InChI is InChI=1S/C17H21BrN4O.ClH/c1-17(19,11-6-8-12(18)9-7-11)16(23)21-14-4-3-5-15-13(14)10-20-22(15)2;/h6-10,14H,3-5,19H2,1-2H3,(H,21,23);1H. The zero-order valence-electron chi connectivity index (χ0n) is 13.8. The van der Waals surface area contributed by atoms with Gasteiger partial charge in [-0.25, -0.2) is 0 Å². The number of hydrogen-bond donors (Lipinski definition) is 2. The number of carbonyl (C=O) groups is 1. The Morgan fingerprint density at radius 3 is 2.75 bits per heavy atom. The van der Waals surface area contributed by atoms with E-state index in [0.29, 0.717) is 0 Å². The van der Waals surface area contributed by atoms with Crippen molar-refractivity contribution < 1.29 is 4.79 Å². The van der Waals surface area contributed by atoms with Crippen LogP contribution in [0.1, 0.15) is 42.6 Å². The van der Waals surface area contributed by atoms with Crippen molar-refractivity contribution in [2.75, 3.05) is 0 Å². The van der Waals surface area contributed by atoms with E-state index >= 15 is 0 Å². The highest BCUT2D eigenvalue weighted by Gasteiger charge is 2.34. The largest absolute Gasteiger partial charge is 0.347 e. The lowest BCUT2D eigenvalue weighted by Crippen LogP contribution is -2.50. The molecule has 130 valence electrons. The monoisotopic (exact) mass is 412 g/mol. The lowest BCUT2D eigenvalue weighted by Gasteiger charge is -2.29. The maximum absolute atomic E-state index is 12.8. The maximum Gasteiger partial charge on any atom is 0.244 e. The van der Waals surface area contributed by atoms with Gasteiger partial charge in [0.2, 0.25) is 5.91 Å². The highest BCUT2D eigenvalue weighted by molar-refractivity contribution is 9.10. The average Bonchev–Trinajstić information content (AvgIpc) is 2.90. The number of halogens is 2. The van der Waals surface area contributed by atoms with Gasteiger partial charge in [-0.1, -0.05) is 28.1 Å². The Bertz CT molecular complexity index is 727. The van der Waals surface area contributed by atoms with Gasteiger partial charge < -0.3 is 11.1 Å². The van der Waals surface area contributed by atoms with E-state index in [0.717, 1.165) is 34.9 Å². The molecular formula is C17H22BrClN4O. The van der Waals surface area contributed by atoms with E-state index in [4.69, 9.17) is 5.73 Å². The molecule has 0 radical (unpaired) electrons. The first-order chi connectivity index (χ1) is 10.9. The summed E-state index contributed by atoms with van der Waals surface area (Å²) in [5, 5.41) is 7.43. The zero-order chi connectivity index (χ0) is 16.6. The molecule has 2 unspecified atom stereocenters. The fourth-order valence-electron chi connectivity index (χ4n) is 3.09. The highest BCUT2D eigenvalue weighted by Crippen LogP contribution is 2.30. The molecule has 5 nitrogen and oxygen atoms in total. The fraction of sp³-hybridized carbons (Fsp3) is 0.412. The molecule has 1 amide bonds. The molecule has 0 saturated carbocycles. The molecule has 0 saturated heterocycles. The number of hydrogen-bond acceptors (Lipinski definition) is 3. The number of aryl methyl sites for hydroxylation is 1. The van der Waals surface area contributed by atoms with Crippen molar-refractivity contribution in [3.8, 4) is 0 Å². The van der Waals surface area contributed by atoms with Gasteiger partial charge in [0.05, 0.1) is 12.2 Å². The summed E-state index contributed by atoms with van der Waals surface area (Å²) in [6.45, 7) is 1.75. The number of fused-ring (bicyclic) bond motifs is 1. The summed E-state index contributed by atoms with van der Waals surface area (Å²) in [5.41, 5.74) is 8.36. The quantitative estimate of drug-likeness (QED) is 0.812. The normalized spacial score (nSPS) is 18.9. The Balaban J connectivity index is 0.00000208.